The summed E-state index contributed by atoms with van der Waals surface area (Å²) in [5.41, 5.74) is 7.55. The molecule has 0 aliphatic carbocycles. The fraction of sp³-hybridized carbons (Fsp3) is 0.529. The Morgan fingerprint density at radius 1 is 1.05 bits per heavy atom. The number of hydrogen-bond acceptors (Lipinski definition) is 2. The van der Waals surface area contributed by atoms with Gasteiger partial charge in [0.15, 0.2) is 0 Å². The van der Waals surface area contributed by atoms with E-state index in [-0.39, 0.29) is 0 Å². The average molecular weight is 259 g/mol. The minimum Gasteiger partial charge on any atom is -0.377 e. The molecule has 19 heavy (non-hydrogen) atoms. The van der Waals surface area contributed by atoms with Crippen LogP contribution in [0.1, 0.15) is 50.2 Å². The molecule has 2 nitrogen and oxygen atoms in total. The van der Waals surface area contributed by atoms with E-state index in [2.05, 4.69) is 30.9 Å². The van der Waals surface area contributed by atoms with E-state index in [0.29, 0.717) is 13.2 Å². The van der Waals surface area contributed by atoms with Crippen molar-refractivity contribution in [3.63, 3.8) is 0 Å². The molecule has 0 aliphatic rings. The minimum absolute atomic E-state index is 0.406. The molecule has 2 N–H and O–H groups in total. The molecular weight excluding hydrogens is 234 g/mol. The number of unbranched alkanes of at least 4 members (excludes halogenated alkanes) is 4. The zero-order valence-electron chi connectivity index (χ0n) is 12.0. The number of ether oxygens (including phenoxy) is 1. The van der Waals surface area contributed by atoms with Crippen molar-refractivity contribution in [1.82, 2.24) is 0 Å². The molecule has 0 aromatic heterocycles. The number of rotatable bonds is 8. The van der Waals surface area contributed by atoms with E-state index < -0.39 is 0 Å². The highest BCUT2D eigenvalue weighted by Gasteiger charge is 1.94. The molecule has 1 rings (SSSR count). The standard InChI is InChI=1S/C17H25NO/c1-2-3-4-5-6-14-19-15-17-11-9-16(10-12-17)8-7-13-18/h9-12H,2-6,13-15,18H2,1H3. The summed E-state index contributed by atoms with van der Waals surface area (Å²) in [6.07, 6.45) is 6.40. The van der Waals surface area contributed by atoms with Crippen molar-refractivity contribution in [2.24, 2.45) is 5.73 Å². The first-order chi connectivity index (χ1) is 9.36. The predicted octanol–water partition coefficient (Wildman–Crippen LogP) is 3.48. The molecule has 2 heteroatoms. The maximum Gasteiger partial charge on any atom is 0.0716 e. The Hall–Kier alpha value is -1.30. The molecule has 104 valence electrons. The van der Waals surface area contributed by atoms with Crippen LogP contribution in [0.4, 0.5) is 0 Å². The Morgan fingerprint density at radius 3 is 2.47 bits per heavy atom. The van der Waals surface area contributed by atoms with E-state index in [1.165, 1.54) is 37.7 Å². The summed E-state index contributed by atoms with van der Waals surface area (Å²) in [7, 11) is 0. The molecule has 0 fully saturated rings. The van der Waals surface area contributed by atoms with Crippen LogP contribution in [0.2, 0.25) is 0 Å². The third-order valence-corrected chi connectivity index (χ3v) is 2.95. The molecule has 0 aliphatic heterocycles. The molecule has 1 aromatic carbocycles. The summed E-state index contributed by atoms with van der Waals surface area (Å²) in [4.78, 5) is 0. The van der Waals surface area contributed by atoms with Crippen molar-refractivity contribution in [2.75, 3.05) is 13.2 Å². The Labute approximate surface area is 117 Å². The summed E-state index contributed by atoms with van der Waals surface area (Å²) in [5.74, 6) is 5.86. The highest BCUT2D eigenvalue weighted by molar-refractivity contribution is 5.36. The lowest BCUT2D eigenvalue weighted by Gasteiger charge is -2.04. The number of nitrogens with two attached hydrogens (primary N) is 1. The van der Waals surface area contributed by atoms with E-state index in [1.807, 2.05) is 12.1 Å². The Balaban J connectivity index is 2.16. The molecule has 0 saturated carbocycles. The third kappa shape index (κ3) is 7.66. The first-order valence-electron chi connectivity index (χ1n) is 7.22. The fourth-order valence-electron chi connectivity index (χ4n) is 1.84. The minimum atomic E-state index is 0.406. The highest BCUT2D eigenvalue weighted by Crippen LogP contribution is 2.06. The normalized spacial score (nSPS) is 10.0. The van der Waals surface area contributed by atoms with Crippen molar-refractivity contribution in [3.8, 4) is 11.8 Å². The second-order valence-electron chi connectivity index (χ2n) is 4.67. The number of hydrogen-bond donors (Lipinski definition) is 1. The molecule has 0 saturated heterocycles. The van der Waals surface area contributed by atoms with Gasteiger partial charge in [0.25, 0.3) is 0 Å². The van der Waals surface area contributed by atoms with Crippen molar-refractivity contribution in [1.29, 1.82) is 0 Å². The zero-order valence-corrected chi connectivity index (χ0v) is 12.0. The first kappa shape index (κ1) is 15.8. The molecule has 0 radical (unpaired) electrons. The molecule has 0 spiro atoms. The number of benzene rings is 1. The van der Waals surface area contributed by atoms with Gasteiger partial charge in [0, 0.05) is 12.2 Å². The average Bonchev–Trinajstić information content (AvgIpc) is 2.45. The molecule has 0 heterocycles. The van der Waals surface area contributed by atoms with Crippen LogP contribution in [0.15, 0.2) is 24.3 Å². The van der Waals surface area contributed by atoms with Crippen molar-refractivity contribution >= 4 is 0 Å². The van der Waals surface area contributed by atoms with Crippen LogP contribution < -0.4 is 5.73 Å². The van der Waals surface area contributed by atoms with Gasteiger partial charge in [-0.15, -0.1) is 0 Å². The van der Waals surface area contributed by atoms with Gasteiger partial charge in [-0.25, -0.2) is 0 Å². The highest BCUT2D eigenvalue weighted by atomic mass is 16.5. The maximum absolute atomic E-state index is 5.66. The van der Waals surface area contributed by atoms with E-state index in [4.69, 9.17) is 10.5 Å². The van der Waals surface area contributed by atoms with Crippen molar-refractivity contribution in [3.05, 3.63) is 35.4 Å². The topological polar surface area (TPSA) is 35.2 Å². The quantitative estimate of drug-likeness (QED) is 0.573. The monoisotopic (exact) mass is 259 g/mol. The van der Waals surface area contributed by atoms with Crippen LogP contribution in [-0.4, -0.2) is 13.2 Å². The van der Waals surface area contributed by atoms with Crippen molar-refractivity contribution < 1.29 is 4.74 Å². The van der Waals surface area contributed by atoms with E-state index in [0.717, 1.165) is 12.2 Å². The van der Waals surface area contributed by atoms with Gasteiger partial charge in [-0.2, -0.15) is 0 Å². The van der Waals surface area contributed by atoms with Gasteiger partial charge in [0.2, 0.25) is 0 Å². The second kappa shape index (κ2) is 10.6. The molecular formula is C17H25NO. The van der Waals surface area contributed by atoms with E-state index >= 15 is 0 Å². The predicted molar refractivity (Wildman–Crippen MR) is 80.8 cm³/mol. The van der Waals surface area contributed by atoms with Crippen LogP contribution in [-0.2, 0) is 11.3 Å². The smallest absolute Gasteiger partial charge is 0.0716 e. The van der Waals surface area contributed by atoms with Gasteiger partial charge in [-0.05, 0) is 24.1 Å². The SMILES string of the molecule is CCCCCCCOCc1ccc(C#CCN)cc1. The second-order valence-corrected chi connectivity index (χ2v) is 4.67. The van der Waals surface area contributed by atoms with Crippen molar-refractivity contribution in [2.45, 2.75) is 45.6 Å². The molecule has 0 unspecified atom stereocenters. The Kier molecular flexibility index (Phi) is 8.80. The lowest BCUT2D eigenvalue weighted by molar-refractivity contribution is 0.116. The van der Waals surface area contributed by atoms with Crippen LogP contribution in [0.25, 0.3) is 0 Å². The van der Waals surface area contributed by atoms with Crippen LogP contribution in [0, 0.1) is 11.8 Å². The zero-order chi connectivity index (χ0) is 13.8. The fourth-order valence-corrected chi connectivity index (χ4v) is 1.84. The summed E-state index contributed by atoms with van der Waals surface area (Å²) in [6, 6.07) is 8.17. The lowest BCUT2D eigenvalue weighted by Crippen LogP contribution is -1.96. The summed E-state index contributed by atoms with van der Waals surface area (Å²) in [6.45, 7) is 4.19. The Bertz CT molecular complexity index is 386. The van der Waals surface area contributed by atoms with Gasteiger partial charge in [-0.3, -0.25) is 0 Å². The molecule has 1 aromatic rings. The first-order valence-corrected chi connectivity index (χ1v) is 7.22. The van der Waals surface area contributed by atoms with Gasteiger partial charge >= 0.3 is 0 Å². The van der Waals surface area contributed by atoms with Gasteiger partial charge in [0.1, 0.15) is 0 Å². The Morgan fingerprint density at radius 2 is 1.79 bits per heavy atom. The molecule has 0 bridgehead atoms. The van der Waals surface area contributed by atoms with E-state index in [9.17, 15) is 0 Å². The van der Waals surface area contributed by atoms with Gasteiger partial charge in [0.05, 0.1) is 13.2 Å². The van der Waals surface area contributed by atoms with Crippen LogP contribution >= 0.6 is 0 Å². The lowest BCUT2D eigenvalue weighted by atomic mass is 10.1. The summed E-state index contributed by atoms with van der Waals surface area (Å²) >= 11 is 0. The largest absolute Gasteiger partial charge is 0.377 e. The molecule has 0 amide bonds. The molecule has 0 atom stereocenters. The van der Waals surface area contributed by atoms with Crippen LogP contribution in [0.3, 0.4) is 0 Å². The van der Waals surface area contributed by atoms with E-state index in [1.54, 1.807) is 0 Å². The van der Waals surface area contributed by atoms with Gasteiger partial charge < -0.3 is 10.5 Å². The summed E-state index contributed by atoms with van der Waals surface area (Å²) in [5, 5.41) is 0. The maximum atomic E-state index is 5.66. The third-order valence-electron chi connectivity index (χ3n) is 2.95. The van der Waals surface area contributed by atoms with Crippen LogP contribution in [0.5, 0.6) is 0 Å². The van der Waals surface area contributed by atoms with Gasteiger partial charge in [-0.1, -0.05) is 56.6 Å². The summed E-state index contributed by atoms with van der Waals surface area (Å²) < 4.78 is 5.66.